The highest BCUT2D eigenvalue weighted by atomic mass is 35.5. The van der Waals surface area contributed by atoms with Crippen LogP contribution in [0, 0.1) is 0 Å². The third kappa shape index (κ3) is 3.69. The standard InChI is InChI=1S/C20H26N4O3.ClH/c1-14-19(22-8-4-5-9-22)24(11-10-23(14)20(26)27)18(25)12-15-13-21-17-7-3-2-6-16(15)17;/h2-3,6-7,13-14,19,21H,4-5,8-12H2,1H3,(H,26,27);1H. The fraction of sp³-hybridized carbons (Fsp3) is 0.500. The smallest absolute Gasteiger partial charge is 0.407 e. The molecule has 2 fully saturated rings. The molecule has 2 aromatic rings. The fourth-order valence-corrected chi connectivity index (χ4v) is 4.57. The maximum absolute atomic E-state index is 13.2. The third-order valence-electron chi connectivity index (χ3n) is 5.92. The second-order valence-electron chi connectivity index (χ2n) is 7.50. The van der Waals surface area contributed by atoms with Gasteiger partial charge in [0.1, 0.15) is 6.17 Å². The first kappa shape index (κ1) is 20.5. The van der Waals surface area contributed by atoms with Gasteiger partial charge in [-0.15, -0.1) is 12.4 Å². The van der Waals surface area contributed by atoms with Gasteiger partial charge in [-0.25, -0.2) is 4.79 Å². The highest BCUT2D eigenvalue weighted by molar-refractivity contribution is 5.89. The number of carboxylic acid groups (broad SMARTS) is 1. The summed E-state index contributed by atoms with van der Waals surface area (Å²) in [5.41, 5.74) is 2.02. The SMILES string of the molecule is CC1C(N2CCCC2)N(C(=O)Cc2c[nH]c3ccccc23)CCN1C(=O)O.Cl. The predicted octanol–water partition coefficient (Wildman–Crippen LogP) is 2.76. The van der Waals surface area contributed by atoms with Crippen molar-refractivity contribution in [1.29, 1.82) is 0 Å². The summed E-state index contributed by atoms with van der Waals surface area (Å²) in [5, 5.41) is 10.6. The quantitative estimate of drug-likeness (QED) is 0.821. The molecule has 0 aliphatic carbocycles. The average molecular weight is 407 g/mol. The monoisotopic (exact) mass is 406 g/mol. The Morgan fingerprint density at radius 2 is 1.79 bits per heavy atom. The predicted molar refractivity (Wildman–Crippen MR) is 110 cm³/mol. The van der Waals surface area contributed by atoms with Crippen molar-refractivity contribution in [2.75, 3.05) is 26.2 Å². The molecule has 0 spiro atoms. The summed E-state index contributed by atoms with van der Waals surface area (Å²) in [5.74, 6) is 0.0635. The normalized spacial score (nSPS) is 23.0. The minimum Gasteiger partial charge on any atom is -0.465 e. The number of aromatic nitrogens is 1. The average Bonchev–Trinajstić information content (AvgIpc) is 3.31. The van der Waals surface area contributed by atoms with Crippen LogP contribution in [0.15, 0.2) is 30.5 Å². The van der Waals surface area contributed by atoms with Crippen LogP contribution in [0.1, 0.15) is 25.3 Å². The molecule has 2 N–H and O–H groups in total. The van der Waals surface area contributed by atoms with Crippen molar-refractivity contribution in [3.63, 3.8) is 0 Å². The number of carbonyl (C=O) groups excluding carboxylic acids is 1. The molecule has 3 heterocycles. The number of H-pyrrole nitrogens is 1. The summed E-state index contributed by atoms with van der Waals surface area (Å²) in [6.45, 7) is 4.56. The van der Waals surface area contributed by atoms with Crippen molar-refractivity contribution in [3.05, 3.63) is 36.0 Å². The van der Waals surface area contributed by atoms with Crippen molar-refractivity contribution in [2.24, 2.45) is 0 Å². The van der Waals surface area contributed by atoms with E-state index < -0.39 is 6.09 Å². The third-order valence-corrected chi connectivity index (χ3v) is 5.92. The molecule has 28 heavy (non-hydrogen) atoms. The van der Waals surface area contributed by atoms with Gasteiger partial charge in [-0.05, 0) is 31.4 Å². The van der Waals surface area contributed by atoms with Gasteiger partial charge in [-0.2, -0.15) is 0 Å². The number of nitrogens with zero attached hydrogens (tertiary/aromatic N) is 3. The van der Waals surface area contributed by atoms with Crippen LogP contribution in [0.2, 0.25) is 0 Å². The number of amides is 2. The summed E-state index contributed by atoms with van der Waals surface area (Å²) in [6.07, 6.45) is 3.34. The summed E-state index contributed by atoms with van der Waals surface area (Å²) in [4.78, 5) is 33.7. The zero-order valence-corrected chi connectivity index (χ0v) is 16.8. The van der Waals surface area contributed by atoms with Crippen molar-refractivity contribution in [1.82, 2.24) is 19.7 Å². The van der Waals surface area contributed by atoms with Gasteiger partial charge in [0.25, 0.3) is 0 Å². The van der Waals surface area contributed by atoms with Crippen molar-refractivity contribution < 1.29 is 14.7 Å². The summed E-state index contributed by atoms with van der Waals surface area (Å²) in [7, 11) is 0. The van der Waals surface area contributed by atoms with E-state index in [1.165, 1.54) is 4.90 Å². The number of halogens is 1. The molecule has 0 saturated carbocycles. The van der Waals surface area contributed by atoms with Crippen LogP contribution in [-0.4, -0.2) is 75.2 Å². The van der Waals surface area contributed by atoms with Crippen LogP contribution >= 0.6 is 12.4 Å². The van der Waals surface area contributed by atoms with E-state index in [2.05, 4.69) is 9.88 Å². The molecular weight excluding hydrogens is 380 g/mol. The Balaban J connectivity index is 0.00000225. The number of rotatable bonds is 3. The molecule has 2 aliphatic heterocycles. The summed E-state index contributed by atoms with van der Waals surface area (Å²) in [6, 6.07) is 7.74. The maximum Gasteiger partial charge on any atom is 0.407 e. The van der Waals surface area contributed by atoms with Crippen LogP contribution in [0.4, 0.5) is 4.79 Å². The molecule has 2 amide bonds. The lowest BCUT2D eigenvalue weighted by Crippen LogP contribution is -2.66. The van der Waals surface area contributed by atoms with Crippen molar-refractivity contribution in [2.45, 2.75) is 38.4 Å². The van der Waals surface area contributed by atoms with E-state index >= 15 is 0 Å². The van der Waals surface area contributed by atoms with Gasteiger partial charge in [0.05, 0.1) is 12.5 Å². The number of hydrogen-bond donors (Lipinski definition) is 2. The lowest BCUT2D eigenvalue weighted by Gasteiger charge is -2.48. The highest BCUT2D eigenvalue weighted by Crippen LogP contribution is 2.26. The molecule has 152 valence electrons. The number of benzene rings is 1. The Labute approximate surface area is 170 Å². The summed E-state index contributed by atoms with van der Waals surface area (Å²) < 4.78 is 0. The molecule has 2 saturated heterocycles. The number of carbonyl (C=O) groups is 2. The molecule has 4 rings (SSSR count). The molecule has 2 atom stereocenters. The molecule has 2 unspecified atom stereocenters. The van der Waals surface area contributed by atoms with Gasteiger partial charge >= 0.3 is 6.09 Å². The van der Waals surface area contributed by atoms with Gasteiger partial charge in [0.15, 0.2) is 0 Å². The Kier molecular flexibility index (Phi) is 6.15. The van der Waals surface area contributed by atoms with E-state index in [0.717, 1.165) is 42.4 Å². The number of fused-ring (bicyclic) bond motifs is 1. The van der Waals surface area contributed by atoms with Crippen molar-refractivity contribution >= 4 is 35.3 Å². The maximum atomic E-state index is 13.2. The van der Waals surface area contributed by atoms with E-state index in [1.807, 2.05) is 42.3 Å². The van der Waals surface area contributed by atoms with Gasteiger partial charge in [0, 0.05) is 43.3 Å². The Morgan fingerprint density at radius 3 is 2.50 bits per heavy atom. The molecule has 8 heteroatoms. The second-order valence-corrected chi connectivity index (χ2v) is 7.50. The molecular formula is C20H27ClN4O3. The van der Waals surface area contributed by atoms with E-state index in [-0.39, 0.29) is 30.5 Å². The molecule has 0 bridgehead atoms. The molecule has 1 aromatic carbocycles. The minimum atomic E-state index is -0.907. The Morgan fingerprint density at radius 1 is 1.11 bits per heavy atom. The van der Waals surface area contributed by atoms with Crippen LogP contribution in [0.5, 0.6) is 0 Å². The van der Waals surface area contributed by atoms with Crippen molar-refractivity contribution in [3.8, 4) is 0 Å². The van der Waals surface area contributed by atoms with Crippen LogP contribution in [0.3, 0.4) is 0 Å². The second kappa shape index (κ2) is 8.41. The zero-order valence-electron chi connectivity index (χ0n) is 16.0. The molecule has 2 aliphatic rings. The number of likely N-dealkylation sites (tertiary alicyclic amines) is 1. The minimum absolute atomic E-state index is 0. The largest absolute Gasteiger partial charge is 0.465 e. The van der Waals surface area contributed by atoms with Gasteiger partial charge < -0.3 is 19.9 Å². The Bertz CT molecular complexity index is 849. The Hall–Kier alpha value is -2.25. The highest BCUT2D eigenvalue weighted by Gasteiger charge is 2.42. The topological polar surface area (TPSA) is 79.9 Å². The van der Waals surface area contributed by atoms with E-state index in [4.69, 9.17) is 0 Å². The van der Waals surface area contributed by atoms with E-state index in [1.54, 1.807) is 0 Å². The van der Waals surface area contributed by atoms with Gasteiger partial charge in [-0.1, -0.05) is 18.2 Å². The summed E-state index contributed by atoms with van der Waals surface area (Å²) >= 11 is 0. The lowest BCUT2D eigenvalue weighted by molar-refractivity contribution is -0.143. The zero-order chi connectivity index (χ0) is 19.0. The number of piperazine rings is 1. The van der Waals surface area contributed by atoms with Gasteiger partial charge in [0.2, 0.25) is 5.91 Å². The lowest BCUT2D eigenvalue weighted by atomic mass is 10.1. The fourth-order valence-electron chi connectivity index (χ4n) is 4.57. The first-order valence-electron chi connectivity index (χ1n) is 9.64. The number of para-hydroxylation sites is 1. The van der Waals surface area contributed by atoms with Crippen LogP contribution in [0.25, 0.3) is 10.9 Å². The van der Waals surface area contributed by atoms with E-state index in [9.17, 15) is 14.7 Å². The first-order valence-corrected chi connectivity index (χ1v) is 9.64. The molecule has 0 radical (unpaired) electrons. The molecule has 1 aromatic heterocycles. The van der Waals surface area contributed by atoms with Crippen LogP contribution < -0.4 is 0 Å². The van der Waals surface area contributed by atoms with E-state index in [0.29, 0.717) is 19.5 Å². The van der Waals surface area contributed by atoms with Crippen LogP contribution in [-0.2, 0) is 11.2 Å². The number of hydrogen-bond acceptors (Lipinski definition) is 3. The van der Waals surface area contributed by atoms with Gasteiger partial charge in [-0.3, -0.25) is 9.69 Å². The number of nitrogens with one attached hydrogen (secondary N) is 1. The first-order chi connectivity index (χ1) is 13.1. The number of aromatic amines is 1. The molecule has 7 nitrogen and oxygen atoms in total.